The summed E-state index contributed by atoms with van der Waals surface area (Å²) in [5, 5.41) is 25.3. The minimum atomic E-state index is -4.59. The minimum absolute atomic E-state index is 0.0440. The molecule has 6 N–H and O–H groups in total. The van der Waals surface area contributed by atoms with Crippen LogP contribution in [0.15, 0.2) is 121 Å². The predicted molar refractivity (Wildman–Crippen MR) is 211 cm³/mol. The highest BCUT2D eigenvalue weighted by molar-refractivity contribution is 7.81. The van der Waals surface area contributed by atoms with Crippen LogP contribution in [-0.2, 0) is 19.8 Å². The van der Waals surface area contributed by atoms with E-state index >= 15 is 0 Å². The lowest BCUT2D eigenvalue weighted by Crippen LogP contribution is -2.09. The number of aliphatic carboxylic acids is 1. The van der Waals surface area contributed by atoms with Crippen LogP contribution >= 0.6 is 7.82 Å². The average Bonchev–Trinajstić information content (AvgIpc) is 3.23. The number of benzene rings is 5. The van der Waals surface area contributed by atoms with E-state index in [9.17, 15) is 51.3 Å². The molecule has 0 aliphatic carbocycles. The van der Waals surface area contributed by atoms with Crippen LogP contribution in [0, 0.1) is 0 Å². The van der Waals surface area contributed by atoms with Crippen LogP contribution in [0.5, 0.6) is 17.2 Å². The van der Waals surface area contributed by atoms with Gasteiger partial charge in [0.25, 0.3) is 0 Å². The Balaban J connectivity index is 0.000000382. The zero-order valence-electron chi connectivity index (χ0n) is 30.9. The number of carboxylic acid groups (broad SMARTS) is 3. The molecular weight excluding hydrogens is 851 g/mol. The molecule has 22 heteroatoms. The summed E-state index contributed by atoms with van der Waals surface area (Å²) in [5.41, 5.74) is 1.61. The van der Waals surface area contributed by atoms with Crippen LogP contribution in [0.4, 0.5) is 0 Å². The van der Waals surface area contributed by atoms with Crippen LogP contribution in [0.25, 0.3) is 0 Å². The van der Waals surface area contributed by atoms with Gasteiger partial charge in [-0.15, -0.1) is 0 Å². The summed E-state index contributed by atoms with van der Waals surface area (Å²) in [6, 6.07) is 29.4. The van der Waals surface area contributed by atoms with Gasteiger partial charge in [-0.05, 0) is 66.7 Å². The Hall–Kier alpha value is -7.68. The van der Waals surface area contributed by atoms with Crippen molar-refractivity contribution in [2.24, 2.45) is 0 Å². The number of aromatic carboxylic acids is 2. The number of hydrogen-bond acceptors (Lipinski definition) is 14. The number of phosphoric ester groups is 1. The van der Waals surface area contributed by atoms with E-state index in [-0.39, 0.29) is 45.9 Å². The molecule has 0 amide bonds. The highest BCUT2D eigenvalue weighted by Crippen LogP contribution is 2.38. The summed E-state index contributed by atoms with van der Waals surface area (Å²) in [4.78, 5) is 99.2. The molecule has 5 rings (SSSR count). The van der Waals surface area contributed by atoms with Gasteiger partial charge < -0.3 is 28.8 Å². The van der Waals surface area contributed by atoms with Gasteiger partial charge in [-0.1, -0.05) is 54.6 Å². The maximum absolute atomic E-state index is 10.4. The number of rotatable bonds is 14. The normalized spacial score (nSPS) is 9.89. The lowest BCUT2D eigenvalue weighted by molar-refractivity contribution is -0.139. The van der Waals surface area contributed by atoms with Crippen molar-refractivity contribution in [1.29, 1.82) is 0 Å². The van der Waals surface area contributed by atoms with Gasteiger partial charge in [-0.3, -0.25) is 38.3 Å². The molecule has 0 radical (unpaired) electrons. The third kappa shape index (κ3) is 21.6. The van der Waals surface area contributed by atoms with Gasteiger partial charge in [0.05, 0.1) is 22.3 Å². The third-order valence-electron chi connectivity index (χ3n) is 6.49. The molecule has 0 aliphatic heterocycles. The fourth-order valence-electron chi connectivity index (χ4n) is 3.84. The van der Waals surface area contributed by atoms with Crippen molar-refractivity contribution in [3.05, 3.63) is 160 Å². The zero-order chi connectivity index (χ0) is 46.0. The summed E-state index contributed by atoms with van der Waals surface area (Å²) in [6.07, 6.45) is 2.81. The summed E-state index contributed by atoms with van der Waals surface area (Å²) in [7, 11) is -9.16. The molecule has 61 heavy (non-hydrogen) atoms. The van der Waals surface area contributed by atoms with E-state index in [2.05, 4.69) is 8.71 Å². The van der Waals surface area contributed by atoms with Crippen molar-refractivity contribution in [2.45, 2.75) is 0 Å². The fraction of sp³-hybridized carbons (Fsp3) is 0.0256. The van der Waals surface area contributed by atoms with Crippen LogP contribution in [0.3, 0.4) is 0 Å². The first-order chi connectivity index (χ1) is 28.8. The quantitative estimate of drug-likeness (QED) is 0.0485. The summed E-state index contributed by atoms with van der Waals surface area (Å²) in [5.74, 6) is -2.96. The number of aldehydes is 5. The average molecular weight is 885 g/mol. The van der Waals surface area contributed by atoms with Crippen LogP contribution in [-0.4, -0.2) is 94.0 Å². The number of ether oxygens (including phenoxy) is 1. The number of carbonyl (C=O) groups excluding carboxylic acids is 5. The Morgan fingerprint density at radius 3 is 1.38 bits per heavy atom. The summed E-state index contributed by atoms with van der Waals surface area (Å²) >= 11 is 0. The second-order valence-corrected chi connectivity index (χ2v) is 13.0. The zero-order valence-corrected chi connectivity index (χ0v) is 32.6. The molecule has 0 saturated heterocycles. The van der Waals surface area contributed by atoms with Crippen molar-refractivity contribution < 1.29 is 94.4 Å². The first-order valence-corrected chi connectivity index (χ1v) is 19.1. The smallest absolute Gasteiger partial charge is 0.482 e. The maximum Gasteiger partial charge on any atom is 0.524 e. The Kier molecular flexibility index (Phi) is 22.2. The van der Waals surface area contributed by atoms with Gasteiger partial charge in [0.1, 0.15) is 24.1 Å². The first kappa shape index (κ1) is 51.3. The molecular formula is C39H33O20PS. The second-order valence-electron chi connectivity index (χ2n) is 10.8. The van der Waals surface area contributed by atoms with Gasteiger partial charge in [-0.25, -0.2) is 18.9 Å². The second kappa shape index (κ2) is 26.3. The molecule has 0 heterocycles. The molecule has 320 valence electrons. The lowest BCUT2D eigenvalue weighted by atomic mass is 10.1. The number of phosphoric acid groups is 1. The van der Waals surface area contributed by atoms with Crippen LogP contribution < -0.4 is 13.4 Å². The Labute approximate surface area is 345 Å². The van der Waals surface area contributed by atoms with E-state index in [1.54, 1.807) is 48.5 Å². The molecule has 0 unspecified atom stereocenters. The summed E-state index contributed by atoms with van der Waals surface area (Å²) < 4.78 is 52.6. The van der Waals surface area contributed by atoms with E-state index in [4.69, 9.17) is 34.4 Å². The molecule has 5 aromatic carbocycles. The third-order valence-corrected chi connectivity index (χ3v) is 7.32. The molecule has 0 aromatic heterocycles. The van der Waals surface area contributed by atoms with E-state index < -0.39 is 36.1 Å². The van der Waals surface area contributed by atoms with Crippen molar-refractivity contribution >= 4 is 67.6 Å². The highest BCUT2D eigenvalue weighted by Gasteiger charge is 2.17. The van der Waals surface area contributed by atoms with Gasteiger partial charge in [0, 0.05) is 16.7 Å². The molecule has 0 aliphatic rings. The Morgan fingerprint density at radius 1 is 0.557 bits per heavy atom. The highest BCUT2D eigenvalue weighted by atomic mass is 32.3. The summed E-state index contributed by atoms with van der Waals surface area (Å²) in [6.45, 7) is -0.375. The van der Waals surface area contributed by atoms with Gasteiger partial charge in [0.2, 0.25) is 0 Å². The van der Waals surface area contributed by atoms with Gasteiger partial charge in [0.15, 0.2) is 31.2 Å². The maximum atomic E-state index is 10.4. The molecule has 0 fully saturated rings. The number of hydrogen-bond donors (Lipinski definition) is 6. The predicted octanol–water partition coefficient (Wildman–Crippen LogP) is 5.01. The van der Waals surface area contributed by atoms with Crippen molar-refractivity contribution in [3.63, 3.8) is 0 Å². The van der Waals surface area contributed by atoms with Crippen molar-refractivity contribution in [3.8, 4) is 17.2 Å². The first-order valence-electron chi connectivity index (χ1n) is 16.2. The molecule has 0 spiro atoms. The number of carboxylic acids is 3. The van der Waals surface area contributed by atoms with E-state index in [1.807, 2.05) is 0 Å². The van der Waals surface area contributed by atoms with Crippen molar-refractivity contribution in [1.82, 2.24) is 0 Å². The van der Waals surface area contributed by atoms with E-state index in [0.29, 0.717) is 48.3 Å². The number of para-hydroxylation sites is 2. The monoisotopic (exact) mass is 884 g/mol. The Morgan fingerprint density at radius 2 is 0.984 bits per heavy atom. The van der Waals surface area contributed by atoms with Gasteiger partial charge >= 0.3 is 36.1 Å². The molecule has 20 nitrogen and oxygen atoms in total. The lowest BCUT2D eigenvalue weighted by Gasteiger charge is -2.07. The SMILES string of the molecule is O=Cc1ccc(C(=O)O)cc1.O=Cc1ccc(OCC(=O)O)cc1.O=Cc1ccccc1C(=O)O.O=Cc1ccccc1OP(=O)(O)O.O=Cc1ccccc1OS(=O)(=O)O. The number of carbonyl (C=O) groups is 8. The van der Waals surface area contributed by atoms with E-state index in [0.717, 1.165) is 0 Å². The van der Waals surface area contributed by atoms with Crippen LogP contribution in [0.1, 0.15) is 72.5 Å². The van der Waals surface area contributed by atoms with Crippen LogP contribution in [0.2, 0.25) is 0 Å². The standard InChI is InChI=1S/C9H8O4.2C8H6O3.C7H7O5P.C7H6O5S/c10-5-7-1-3-8(4-2-7)13-6-9(11)12;9-5-6-1-3-7(4-2-6)8(10)11;9-5-6-3-1-2-4-7(6)8(10)11;2*8-5-6-3-1-2-4-7(6)12-13(9,10)11/h1-5H,6H2,(H,11,12);2*1-5H,(H,10,11);1-5H,(H2,9,10,11);1-5H,(H,9,10,11). The topological polar surface area (TPSA) is 337 Å². The van der Waals surface area contributed by atoms with E-state index in [1.165, 1.54) is 72.8 Å². The molecule has 0 saturated carbocycles. The molecule has 0 atom stereocenters. The Bertz CT molecular complexity index is 2430. The largest absolute Gasteiger partial charge is 0.524 e. The van der Waals surface area contributed by atoms with Crippen molar-refractivity contribution in [2.75, 3.05) is 6.61 Å². The molecule has 0 bridgehead atoms. The minimum Gasteiger partial charge on any atom is -0.482 e. The van der Waals surface area contributed by atoms with Gasteiger partial charge in [-0.2, -0.15) is 8.42 Å². The fourth-order valence-corrected chi connectivity index (χ4v) is 4.64. The molecule has 5 aromatic rings.